The van der Waals surface area contributed by atoms with Crippen molar-refractivity contribution in [1.29, 1.82) is 0 Å². The van der Waals surface area contributed by atoms with Crippen LogP contribution in [-0.2, 0) is 9.05 Å². The molecule has 0 heterocycles. The van der Waals surface area contributed by atoms with Crippen molar-refractivity contribution >= 4 is 34.8 Å². The Hall–Kier alpha value is 0.700. The molecule has 8 aliphatic carbocycles. The van der Waals surface area contributed by atoms with Crippen LogP contribution in [0, 0.1) is 80.8 Å². The smallest absolute Gasteiger partial charge is 0.115 e. The van der Waals surface area contributed by atoms with Gasteiger partial charge in [-0.15, -0.1) is 0 Å². The van der Waals surface area contributed by atoms with E-state index in [-0.39, 0.29) is 55.2 Å². The first-order valence-corrected chi connectivity index (χ1v) is 25.6. The second kappa shape index (κ2) is 12.8. The predicted octanol–water partition coefficient (Wildman–Crippen LogP) is 8.86. The Morgan fingerprint density at radius 3 is 1.73 bits per heavy atom. The molecular formula is C42H70O6P4. The molecule has 0 spiro atoms. The molecule has 0 aromatic carbocycles. The number of aliphatic hydroxyl groups excluding tert-OH is 1. The van der Waals surface area contributed by atoms with Gasteiger partial charge in [0.15, 0.2) is 0 Å². The van der Waals surface area contributed by atoms with E-state index < -0.39 is 22.9 Å². The highest BCUT2D eigenvalue weighted by Gasteiger charge is 2.75. The lowest BCUT2D eigenvalue weighted by atomic mass is 9.55. The Morgan fingerprint density at radius 1 is 0.692 bits per heavy atom. The van der Waals surface area contributed by atoms with Crippen LogP contribution in [0.1, 0.15) is 109 Å². The Kier molecular flexibility index (Phi) is 10.1. The molecule has 52 heavy (non-hydrogen) atoms. The minimum atomic E-state index is -1.39. The van der Waals surface area contributed by atoms with Crippen LogP contribution in [0.5, 0.6) is 0 Å². The van der Waals surface area contributed by atoms with Crippen molar-refractivity contribution in [2.45, 2.75) is 144 Å². The van der Waals surface area contributed by atoms with E-state index in [1.165, 1.54) is 17.6 Å². The molecule has 5 saturated carbocycles. The van der Waals surface area contributed by atoms with Gasteiger partial charge in [-0.3, -0.25) is 0 Å². The maximum atomic E-state index is 11.8. The van der Waals surface area contributed by atoms with Crippen LogP contribution in [0.3, 0.4) is 0 Å². The second-order valence-electron chi connectivity index (χ2n) is 21.2. The van der Waals surface area contributed by atoms with Crippen LogP contribution < -0.4 is 0 Å². The molecule has 6 nitrogen and oxygen atoms in total. The highest BCUT2D eigenvalue weighted by molar-refractivity contribution is 8.00. The summed E-state index contributed by atoms with van der Waals surface area (Å²) in [5.74, 6) is 4.70. The van der Waals surface area contributed by atoms with Crippen LogP contribution in [0.25, 0.3) is 0 Å². The highest BCUT2D eigenvalue weighted by Crippen LogP contribution is 2.78. The molecule has 0 radical (unpaired) electrons. The average molecular weight is 795 g/mol. The fraction of sp³-hybridized carbons (Fsp3) is 0.857. The third kappa shape index (κ3) is 5.74. The molecule has 294 valence electrons. The van der Waals surface area contributed by atoms with Crippen molar-refractivity contribution in [2.24, 2.45) is 80.8 Å². The van der Waals surface area contributed by atoms with Gasteiger partial charge >= 0.3 is 0 Å². The summed E-state index contributed by atoms with van der Waals surface area (Å²) in [5, 5.41) is 44.7. The molecule has 0 aromatic rings. The van der Waals surface area contributed by atoms with Gasteiger partial charge in [0, 0.05) is 47.1 Å². The number of hydrogen-bond acceptors (Lipinski definition) is 6. The predicted molar refractivity (Wildman–Crippen MR) is 222 cm³/mol. The zero-order valence-corrected chi connectivity index (χ0v) is 38.1. The molecular weight excluding hydrogens is 724 g/mol. The van der Waals surface area contributed by atoms with E-state index in [0.717, 1.165) is 30.3 Å². The van der Waals surface area contributed by atoms with Crippen LogP contribution >= 0.6 is 34.8 Å². The first-order valence-electron chi connectivity index (χ1n) is 20.1. The molecule has 0 saturated heterocycles. The fourth-order valence-corrected chi connectivity index (χ4v) is 16.3. The summed E-state index contributed by atoms with van der Waals surface area (Å²) in [4.78, 5) is 0. The normalized spacial score (nSPS) is 56.4. The van der Waals surface area contributed by atoms with E-state index in [9.17, 15) is 20.4 Å². The lowest BCUT2D eigenvalue weighted by Crippen LogP contribution is -2.50. The molecule has 22 atom stereocenters. The molecule has 5 fully saturated rings. The number of fused-ring (bicyclic) bond motifs is 10. The van der Waals surface area contributed by atoms with E-state index in [2.05, 4.69) is 92.3 Å². The maximum Gasteiger partial charge on any atom is 0.115 e. The van der Waals surface area contributed by atoms with Gasteiger partial charge in [0.25, 0.3) is 0 Å². The summed E-state index contributed by atoms with van der Waals surface area (Å²) < 4.78 is 12.7. The van der Waals surface area contributed by atoms with Gasteiger partial charge in [0.1, 0.15) is 5.60 Å². The number of hydrogen-bond donors (Lipinski definition) is 4. The molecule has 0 amide bonds. The third-order valence-corrected chi connectivity index (χ3v) is 19.0. The molecule has 8 aliphatic rings. The van der Waals surface area contributed by atoms with E-state index in [1.54, 1.807) is 6.92 Å². The van der Waals surface area contributed by atoms with Crippen LogP contribution in [0.4, 0.5) is 0 Å². The van der Waals surface area contributed by atoms with Crippen molar-refractivity contribution < 1.29 is 29.5 Å². The molecule has 0 aromatic heterocycles. The minimum Gasteiger partial charge on any atom is -0.389 e. The summed E-state index contributed by atoms with van der Waals surface area (Å²) in [6.45, 7) is 27.2. The minimum absolute atomic E-state index is 0.0982. The zero-order chi connectivity index (χ0) is 38.5. The van der Waals surface area contributed by atoms with Crippen LogP contribution in [0.2, 0.25) is 0 Å². The van der Waals surface area contributed by atoms with Gasteiger partial charge in [0.05, 0.1) is 29.5 Å². The number of aliphatic hydroxyl groups is 4. The lowest BCUT2D eigenvalue weighted by Gasteiger charge is -2.50. The zero-order valence-electron chi connectivity index (χ0n) is 33.8. The van der Waals surface area contributed by atoms with E-state index in [1.807, 2.05) is 19.9 Å². The molecule has 8 rings (SSSR count). The standard InChI is InChI=1S/C21H36O4P2.C21H34O2P2/c1-10-7-12-14(18(12,3)4)15-16(25-27-26)11(2)17(22)21(24)9-19(5,23)8-13(21)20(10,15)6;1-11-7-13-9-20(5,22)10-15(13)21(6)12(2)8-14-16(19(14,3)4)17(21)18(11)23-25-24/h8,10-12,14-17,22-24,27H,7,9,26H2,1-6H3;7,10-12,14,16-18,22,25H,8-9,24H2,1-6H3/t10-,11+,12-,14-,15-,16-,17-,19-,20-,21+;11-,12-,14-,16-,17-,18-,20+,21-/m11/s1. The van der Waals surface area contributed by atoms with Crippen molar-refractivity contribution in [2.75, 3.05) is 0 Å². The van der Waals surface area contributed by atoms with Crippen molar-refractivity contribution in [1.82, 2.24) is 0 Å². The molecule has 10 heteroatoms. The van der Waals surface area contributed by atoms with Gasteiger partial charge in [0.2, 0.25) is 0 Å². The van der Waals surface area contributed by atoms with Gasteiger partial charge in [-0.2, -0.15) is 0 Å². The third-order valence-electron chi connectivity index (χ3n) is 17.4. The van der Waals surface area contributed by atoms with E-state index >= 15 is 0 Å². The quantitative estimate of drug-likeness (QED) is 0.168. The molecule has 0 bridgehead atoms. The Morgan fingerprint density at radius 2 is 1.19 bits per heavy atom. The molecule has 4 unspecified atom stereocenters. The fourth-order valence-electron chi connectivity index (χ4n) is 14.3. The average Bonchev–Trinajstić information content (AvgIpc) is 3.64. The SMILES string of the molecule is C[C@@H]1C=C2C[C@](C)(O)C=C2[C@]2(C)[C@@H]([C@@H]1OPP)[C@H]1[C@@H](C[C@H]2C)C1(C)C.C[C@H]1[C@@H](OPP)[C@H]2[C@H]3[C@@H](C[C@@H](C)[C@]2(C)C2=C[C@@](C)(O)C[C@@]2(O)[C@@H]1O)C3(C)C. The first kappa shape index (κ1) is 40.9. The lowest BCUT2D eigenvalue weighted by molar-refractivity contribution is -0.105. The summed E-state index contributed by atoms with van der Waals surface area (Å²) >= 11 is 0. The maximum absolute atomic E-state index is 11.8. The van der Waals surface area contributed by atoms with Gasteiger partial charge in [-0.25, -0.2) is 0 Å². The highest BCUT2D eigenvalue weighted by atomic mass is 32.0. The monoisotopic (exact) mass is 794 g/mol. The van der Waals surface area contributed by atoms with E-state index in [4.69, 9.17) is 9.05 Å². The Balaban J connectivity index is 0.000000162. The topological polar surface area (TPSA) is 99.4 Å². The van der Waals surface area contributed by atoms with Gasteiger partial charge in [-0.1, -0.05) is 99.2 Å². The number of allylic oxidation sites excluding steroid dienone is 1. The second-order valence-corrected chi connectivity index (χ2v) is 23.5. The number of rotatable bonds is 4. The molecule has 4 N–H and O–H groups in total. The Bertz CT molecular complexity index is 1550. The summed E-state index contributed by atoms with van der Waals surface area (Å²) in [5.41, 5.74) is 0.976. The van der Waals surface area contributed by atoms with Crippen LogP contribution in [-0.4, -0.2) is 55.5 Å². The first-order chi connectivity index (χ1) is 23.9. The largest absolute Gasteiger partial charge is 0.389 e. The van der Waals surface area contributed by atoms with Crippen LogP contribution in [0.15, 0.2) is 34.9 Å². The summed E-state index contributed by atoms with van der Waals surface area (Å²) in [6.07, 6.45) is 9.06. The summed E-state index contributed by atoms with van der Waals surface area (Å²) in [6, 6.07) is 0. The van der Waals surface area contributed by atoms with Crippen molar-refractivity contribution in [3.63, 3.8) is 0 Å². The summed E-state index contributed by atoms with van der Waals surface area (Å²) in [7, 11) is 6.19. The van der Waals surface area contributed by atoms with Crippen molar-refractivity contribution in [3.8, 4) is 0 Å². The van der Waals surface area contributed by atoms with E-state index in [0.29, 0.717) is 49.4 Å². The molecule has 0 aliphatic heterocycles. The van der Waals surface area contributed by atoms with Gasteiger partial charge < -0.3 is 29.5 Å². The van der Waals surface area contributed by atoms with Gasteiger partial charge in [-0.05, 0) is 113 Å². The Labute approximate surface area is 322 Å². The van der Waals surface area contributed by atoms with Crippen molar-refractivity contribution in [3.05, 3.63) is 34.9 Å².